The lowest BCUT2D eigenvalue weighted by Gasteiger charge is -2.22. The predicted octanol–water partition coefficient (Wildman–Crippen LogP) is 11.7. The summed E-state index contributed by atoms with van der Waals surface area (Å²) in [5, 5.41) is 2.56. The van der Waals surface area contributed by atoms with E-state index in [9.17, 15) is 0 Å². The van der Waals surface area contributed by atoms with Gasteiger partial charge in [0.1, 0.15) is 0 Å². The smallest absolute Gasteiger partial charge is 0.160 e. The van der Waals surface area contributed by atoms with E-state index in [0.717, 1.165) is 39.2 Å². The minimum atomic E-state index is -0.0792. The molecule has 0 amide bonds. The molecule has 2 heterocycles. The van der Waals surface area contributed by atoms with Crippen LogP contribution < -0.4 is 0 Å². The first-order valence-electron chi connectivity index (χ1n) is 16.8. The van der Waals surface area contributed by atoms with Gasteiger partial charge in [-0.3, -0.25) is 4.98 Å². The molecule has 0 N–H and O–H groups in total. The number of hydrogen-bond donors (Lipinski definition) is 0. The predicted molar refractivity (Wildman–Crippen MR) is 202 cm³/mol. The maximum absolute atomic E-state index is 5.10. The minimum absolute atomic E-state index is 0.0792. The summed E-state index contributed by atoms with van der Waals surface area (Å²) in [5.41, 5.74) is 14.8. The van der Waals surface area contributed by atoms with Gasteiger partial charge >= 0.3 is 0 Å². The number of nitrogens with zero attached hydrogens (tertiary/aromatic N) is 3. The fourth-order valence-corrected chi connectivity index (χ4v) is 7.38. The molecule has 0 spiro atoms. The van der Waals surface area contributed by atoms with Crippen LogP contribution in [0.5, 0.6) is 0 Å². The Kier molecular flexibility index (Phi) is 6.80. The van der Waals surface area contributed by atoms with Crippen molar-refractivity contribution >= 4 is 10.8 Å². The van der Waals surface area contributed by atoms with Crippen LogP contribution >= 0.6 is 0 Å². The van der Waals surface area contributed by atoms with Gasteiger partial charge in [-0.05, 0) is 80.0 Å². The van der Waals surface area contributed by atoms with E-state index in [1.165, 1.54) is 44.2 Å². The summed E-state index contributed by atoms with van der Waals surface area (Å²) in [6, 6.07) is 54.0. The lowest BCUT2D eigenvalue weighted by Crippen LogP contribution is -2.14. The van der Waals surface area contributed by atoms with E-state index in [4.69, 9.17) is 9.97 Å². The van der Waals surface area contributed by atoms with Gasteiger partial charge in [0.25, 0.3) is 0 Å². The quantitative estimate of drug-likeness (QED) is 0.191. The second-order valence-electron chi connectivity index (χ2n) is 13.3. The SMILES string of the molecule is CC1(C)c2cc3ccccc3cc2-c2c(-c3ccc(-c4cc(-c5cccc(-c6cccnc6)c5)nc(-c5ccccc5)n4)cc3)cccc21. The van der Waals surface area contributed by atoms with Gasteiger partial charge in [-0.25, -0.2) is 9.97 Å². The molecule has 232 valence electrons. The lowest BCUT2D eigenvalue weighted by molar-refractivity contribution is 0.661. The molecule has 3 heteroatoms. The van der Waals surface area contributed by atoms with Crippen LogP contribution in [0, 0.1) is 0 Å². The van der Waals surface area contributed by atoms with E-state index >= 15 is 0 Å². The molecular weight excluding hydrogens is 595 g/mol. The highest BCUT2D eigenvalue weighted by Crippen LogP contribution is 2.53. The molecular formula is C46H33N3. The van der Waals surface area contributed by atoms with Crippen LogP contribution in [0.15, 0.2) is 164 Å². The van der Waals surface area contributed by atoms with E-state index in [1.807, 2.05) is 30.5 Å². The van der Waals surface area contributed by atoms with Crippen molar-refractivity contribution in [1.29, 1.82) is 0 Å². The molecule has 49 heavy (non-hydrogen) atoms. The summed E-state index contributed by atoms with van der Waals surface area (Å²) >= 11 is 0. The first kappa shape index (κ1) is 29.0. The number of pyridine rings is 1. The van der Waals surface area contributed by atoms with E-state index in [2.05, 4.69) is 146 Å². The molecule has 3 nitrogen and oxygen atoms in total. The highest BCUT2D eigenvalue weighted by molar-refractivity contribution is 5.98. The summed E-state index contributed by atoms with van der Waals surface area (Å²) < 4.78 is 0. The topological polar surface area (TPSA) is 38.7 Å². The van der Waals surface area contributed by atoms with Crippen molar-refractivity contribution in [2.75, 3.05) is 0 Å². The summed E-state index contributed by atoms with van der Waals surface area (Å²) in [6.45, 7) is 4.70. The average Bonchev–Trinajstić information content (AvgIpc) is 3.39. The van der Waals surface area contributed by atoms with Gasteiger partial charge in [0.05, 0.1) is 11.4 Å². The molecule has 0 bridgehead atoms. The molecule has 0 saturated carbocycles. The van der Waals surface area contributed by atoms with Gasteiger partial charge in [-0.2, -0.15) is 0 Å². The Morgan fingerprint density at radius 3 is 1.86 bits per heavy atom. The maximum atomic E-state index is 5.10. The average molecular weight is 628 g/mol. The summed E-state index contributed by atoms with van der Waals surface area (Å²) in [4.78, 5) is 14.5. The van der Waals surface area contributed by atoms with Gasteiger partial charge in [0.2, 0.25) is 0 Å². The highest BCUT2D eigenvalue weighted by atomic mass is 14.9. The van der Waals surface area contributed by atoms with E-state index < -0.39 is 0 Å². The first-order chi connectivity index (χ1) is 24.0. The largest absolute Gasteiger partial charge is 0.264 e. The Balaban J connectivity index is 1.14. The maximum Gasteiger partial charge on any atom is 0.160 e. The normalized spacial score (nSPS) is 12.9. The molecule has 0 aliphatic heterocycles. The molecule has 2 aromatic heterocycles. The zero-order valence-electron chi connectivity index (χ0n) is 27.4. The van der Waals surface area contributed by atoms with Gasteiger partial charge in [-0.15, -0.1) is 0 Å². The van der Waals surface area contributed by atoms with E-state index in [1.54, 1.807) is 6.20 Å². The third kappa shape index (κ3) is 5.03. The van der Waals surface area contributed by atoms with Gasteiger partial charge in [0.15, 0.2) is 5.82 Å². The van der Waals surface area contributed by atoms with E-state index in [-0.39, 0.29) is 5.41 Å². The number of aromatic nitrogens is 3. The Morgan fingerprint density at radius 2 is 1.08 bits per heavy atom. The number of rotatable bonds is 5. The monoisotopic (exact) mass is 627 g/mol. The molecule has 0 fully saturated rings. The standard InChI is InChI=1S/C46H33N3/c1-46(2)40-19-9-18-38(44(40)39-26-34-13-6-7-14-35(34)27-41(39)46)30-20-22-31(23-21-30)42-28-43(49-45(48-42)32-11-4-3-5-12-32)36-16-8-15-33(25-36)37-17-10-24-47-29-37/h3-29H,1-2H3. The molecule has 9 rings (SSSR count). The molecule has 6 aromatic carbocycles. The summed E-state index contributed by atoms with van der Waals surface area (Å²) in [6.07, 6.45) is 3.69. The summed E-state index contributed by atoms with van der Waals surface area (Å²) in [5.74, 6) is 0.705. The summed E-state index contributed by atoms with van der Waals surface area (Å²) in [7, 11) is 0. The minimum Gasteiger partial charge on any atom is -0.264 e. The fraction of sp³-hybridized carbons (Fsp3) is 0.0652. The second-order valence-corrected chi connectivity index (χ2v) is 13.3. The van der Waals surface area contributed by atoms with Crippen molar-refractivity contribution in [3.8, 4) is 67.3 Å². The molecule has 0 radical (unpaired) electrons. The van der Waals surface area contributed by atoms with Crippen LogP contribution in [0.25, 0.3) is 78.1 Å². The van der Waals surface area contributed by atoms with Crippen LogP contribution in [0.3, 0.4) is 0 Å². The second kappa shape index (κ2) is 11.5. The van der Waals surface area contributed by atoms with Crippen molar-refractivity contribution < 1.29 is 0 Å². The lowest BCUT2D eigenvalue weighted by atomic mass is 9.81. The molecule has 0 saturated heterocycles. The fourth-order valence-electron chi connectivity index (χ4n) is 7.38. The Morgan fingerprint density at radius 1 is 0.429 bits per heavy atom. The zero-order chi connectivity index (χ0) is 33.0. The van der Waals surface area contributed by atoms with Crippen LogP contribution in [-0.4, -0.2) is 15.0 Å². The van der Waals surface area contributed by atoms with Crippen molar-refractivity contribution in [2.45, 2.75) is 19.3 Å². The zero-order valence-corrected chi connectivity index (χ0v) is 27.4. The van der Waals surface area contributed by atoms with Crippen molar-refractivity contribution in [2.24, 2.45) is 0 Å². The van der Waals surface area contributed by atoms with Crippen molar-refractivity contribution in [3.63, 3.8) is 0 Å². The third-order valence-electron chi connectivity index (χ3n) is 9.97. The van der Waals surface area contributed by atoms with Crippen molar-refractivity contribution in [1.82, 2.24) is 15.0 Å². The van der Waals surface area contributed by atoms with Crippen LogP contribution in [0.1, 0.15) is 25.0 Å². The molecule has 1 aliphatic rings. The van der Waals surface area contributed by atoms with Gasteiger partial charge in [-0.1, -0.05) is 135 Å². The molecule has 8 aromatic rings. The number of benzene rings is 6. The van der Waals surface area contributed by atoms with E-state index in [0.29, 0.717) is 5.82 Å². The third-order valence-corrected chi connectivity index (χ3v) is 9.97. The number of hydrogen-bond acceptors (Lipinski definition) is 3. The van der Waals surface area contributed by atoms with Crippen LogP contribution in [0.4, 0.5) is 0 Å². The molecule has 0 atom stereocenters. The molecule has 0 unspecified atom stereocenters. The van der Waals surface area contributed by atoms with Gasteiger partial charge < -0.3 is 0 Å². The number of fused-ring (bicyclic) bond motifs is 4. The van der Waals surface area contributed by atoms with Crippen LogP contribution in [-0.2, 0) is 5.41 Å². The first-order valence-corrected chi connectivity index (χ1v) is 16.8. The Hall–Kier alpha value is -6.19. The Labute approximate surface area is 286 Å². The van der Waals surface area contributed by atoms with Crippen LogP contribution in [0.2, 0.25) is 0 Å². The van der Waals surface area contributed by atoms with Crippen molar-refractivity contribution in [3.05, 3.63) is 175 Å². The highest BCUT2D eigenvalue weighted by Gasteiger charge is 2.37. The molecule has 1 aliphatic carbocycles. The Bertz CT molecular complexity index is 2500. The van der Waals surface area contributed by atoms with Gasteiger partial charge in [0, 0.05) is 40.1 Å².